The number of pyridine rings is 1. The minimum Gasteiger partial charge on any atom is -0.334 e. The Hall–Kier alpha value is -3.41. The van der Waals surface area contributed by atoms with Crippen LogP contribution in [0.2, 0.25) is 0 Å². The van der Waals surface area contributed by atoms with Crippen LogP contribution in [0.3, 0.4) is 0 Å². The van der Waals surface area contributed by atoms with Crippen molar-refractivity contribution >= 4 is 17.3 Å². The molecule has 0 unspecified atom stereocenters. The SMILES string of the molecule is Cc1cccc(-c2[nH]c(C=O)nc2-c2ccc3nccnc3c2)n1. The van der Waals surface area contributed by atoms with E-state index in [9.17, 15) is 4.79 Å². The molecule has 0 aliphatic carbocycles. The van der Waals surface area contributed by atoms with E-state index in [0.29, 0.717) is 17.7 Å². The molecule has 116 valence electrons. The van der Waals surface area contributed by atoms with Crippen LogP contribution in [-0.4, -0.2) is 31.2 Å². The minimum atomic E-state index is 0.266. The molecule has 24 heavy (non-hydrogen) atoms. The van der Waals surface area contributed by atoms with Gasteiger partial charge in [0.2, 0.25) is 0 Å². The summed E-state index contributed by atoms with van der Waals surface area (Å²) in [6, 6.07) is 11.5. The molecule has 6 nitrogen and oxygen atoms in total. The maximum absolute atomic E-state index is 11.2. The maximum Gasteiger partial charge on any atom is 0.185 e. The lowest BCUT2D eigenvalue weighted by Crippen LogP contribution is -1.90. The van der Waals surface area contributed by atoms with Crippen LogP contribution in [-0.2, 0) is 0 Å². The summed E-state index contributed by atoms with van der Waals surface area (Å²) < 4.78 is 0. The van der Waals surface area contributed by atoms with Crippen LogP contribution >= 0.6 is 0 Å². The molecule has 1 N–H and O–H groups in total. The van der Waals surface area contributed by atoms with Gasteiger partial charge in [-0.3, -0.25) is 19.7 Å². The summed E-state index contributed by atoms with van der Waals surface area (Å²) in [5.41, 5.74) is 5.45. The minimum absolute atomic E-state index is 0.266. The fourth-order valence-corrected chi connectivity index (χ4v) is 2.63. The second-order valence-electron chi connectivity index (χ2n) is 5.39. The first-order valence-electron chi connectivity index (χ1n) is 7.45. The van der Waals surface area contributed by atoms with Gasteiger partial charge in [0.1, 0.15) is 0 Å². The summed E-state index contributed by atoms with van der Waals surface area (Å²) >= 11 is 0. The van der Waals surface area contributed by atoms with Crippen molar-refractivity contribution in [2.45, 2.75) is 6.92 Å². The first-order chi connectivity index (χ1) is 11.7. The summed E-state index contributed by atoms with van der Waals surface area (Å²) in [5.74, 6) is 0.266. The maximum atomic E-state index is 11.2. The first kappa shape index (κ1) is 14.2. The number of aldehydes is 1. The number of imidazole rings is 1. The Balaban J connectivity index is 1.93. The van der Waals surface area contributed by atoms with Gasteiger partial charge in [0.05, 0.1) is 28.1 Å². The van der Waals surface area contributed by atoms with Crippen LogP contribution in [0.25, 0.3) is 33.7 Å². The molecule has 1 aromatic carbocycles. The van der Waals surface area contributed by atoms with E-state index in [1.165, 1.54) is 0 Å². The largest absolute Gasteiger partial charge is 0.334 e. The number of nitrogens with zero attached hydrogens (tertiary/aromatic N) is 4. The Kier molecular flexibility index (Phi) is 3.35. The van der Waals surface area contributed by atoms with Gasteiger partial charge in [-0.25, -0.2) is 4.98 Å². The highest BCUT2D eigenvalue weighted by Gasteiger charge is 2.15. The molecule has 0 saturated heterocycles. The highest BCUT2D eigenvalue weighted by molar-refractivity contribution is 5.86. The van der Waals surface area contributed by atoms with Gasteiger partial charge in [0, 0.05) is 23.7 Å². The van der Waals surface area contributed by atoms with Crippen LogP contribution in [0, 0.1) is 6.92 Å². The number of carbonyl (C=O) groups excluding carboxylic acids is 1. The quantitative estimate of drug-likeness (QED) is 0.587. The molecule has 0 amide bonds. The van der Waals surface area contributed by atoms with Crippen molar-refractivity contribution in [1.29, 1.82) is 0 Å². The lowest BCUT2D eigenvalue weighted by atomic mass is 10.1. The van der Waals surface area contributed by atoms with Gasteiger partial charge in [-0.15, -0.1) is 0 Å². The third-order valence-electron chi connectivity index (χ3n) is 3.72. The number of carbonyl (C=O) groups is 1. The molecular weight excluding hydrogens is 302 g/mol. The average molecular weight is 315 g/mol. The van der Waals surface area contributed by atoms with Gasteiger partial charge < -0.3 is 4.98 Å². The van der Waals surface area contributed by atoms with Gasteiger partial charge in [-0.05, 0) is 31.2 Å². The van der Waals surface area contributed by atoms with Crippen molar-refractivity contribution in [2.75, 3.05) is 0 Å². The van der Waals surface area contributed by atoms with E-state index in [4.69, 9.17) is 0 Å². The second-order valence-corrected chi connectivity index (χ2v) is 5.39. The molecule has 0 spiro atoms. The number of aromatic nitrogens is 5. The first-order valence-corrected chi connectivity index (χ1v) is 7.45. The van der Waals surface area contributed by atoms with Crippen molar-refractivity contribution in [3.8, 4) is 22.6 Å². The van der Waals surface area contributed by atoms with Crippen molar-refractivity contribution in [1.82, 2.24) is 24.9 Å². The summed E-state index contributed by atoms with van der Waals surface area (Å²) in [5, 5.41) is 0. The second kappa shape index (κ2) is 5.66. The molecule has 0 saturated carbocycles. The zero-order valence-corrected chi connectivity index (χ0v) is 12.9. The van der Waals surface area contributed by atoms with E-state index in [-0.39, 0.29) is 5.82 Å². The third kappa shape index (κ3) is 2.44. The number of aryl methyl sites for hydroxylation is 1. The standard InChI is InChI=1S/C18H13N5O/c1-11-3-2-4-14(21-11)18-17(22-16(10-24)23-18)12-5-6-13-15(9-12)20-8-7-19-13/h2-10H,1H3,(H,22,23). The normalized spacial score (nSPS) is 10.9. The number of rotatable bonds is 3. The molecule has 0 bridgehead atoms. The van der Waals surface area contributed by atoms with Gasteiger partial charge >= 0.3 is 0 Å². The van der Waals surface area contributed by atoms with Crippen LogP contribution < -0.4 is 0 Å². The summed E-state index contributed by atoms with van der Waals surface area (Å²) in [6.45, 7) is 1.92. The predicted molar refractivity (Wildman–Crippen MR) is 90.5 cm³/mol. The van der Waals surface area contributed by atoms with Gasteiger partial charge in [-0.2, -0.15) is 0 Å². The topological polar surface area (TPSA) is 84.4 Å². The lowest BCUT2D eigenvalue weighted by molar-refractivity contribution is 0.111. The van der Waals surface area contributed by atoms with Crippen molar-refractivity contribution < 1.29 is 4.79 Å². The Morgan fingerprint density at radius 3 is 2.62 bits per heavy atom. The highest BCUT2D eigenvalue weighted by Crippen LogP contribution is 2.30. The Morgan fingerprint density at radius 2 is 1.83 bits per heavy atom. The molecule has 6 heteroatoms. The van der Waals surface area contributed by atoms with E-state index >= 15 is 0 Å². The number of hydrogen-bond donors (Lipinski definition) is 1. The average Bonchev–Trinajstić information content (AvgIpc) is 3.06. The molecule has 0 aliphatic rings. The molecule has 4 rings (SSSR count). The van der Waals surface area contributed by atoms with Crippen molar-refractivity contribution in [3.05, 3.63) is 60.3 Å². The molecule has 3 aromatic heterocycles. The Bertz CT molecular complexity index is 1050. The van der Waals surface area contributed by atoms with Gasteiger partial charge in [0.15, 0.2) is 12.1 Å². The number of nitrogens with one attached hydrogen (secondary N) is 1. The van der Waals surface area contributed by atoms with Crippen molar-refractivity contribution in [3.63, 3.8) is 0 Å². The number of fused-ring (bicyclic) bond motifs is 1. The number of aromatic amines is 1. The molecule has 4 aromatic rings. The van der Waals surface area contributed by atoms with Crippen LogP contribution in [0.1, 0.15) is 16.3 Å². The molecule has 0 atom stereocenters. The van der Waals surface area contributed by atoms with Gasteiger partial charge in [0.25, 0.3) is 0 Å². The zero-order valence-electron chi connectivity index (χ0n) is 12.9. The molecular formula is C18H13N5O. The monoisotopic (exact) mass is 315 g/mol. The fraction of sp³-hybridized carbons (Fsp3) is 0.0556. The summed E-state index contributed by atoms with van der Waals surface area (Å²) in [7, 11) is 0. The molecule has 3 heterocycles. The van der Waals surface area contributed by atoms with Crippen LogP contribution in [0.4, 0.5) is 0 Å². The number of benzene rings is 1. The van der Waals surface area contributed by atoms with Crippen LogP contribution in [0.15, 0.2) is 48.8 Å². The van der Waals surface area contributed by atoms with Crippen LogP contribution in [0.5, 0.6) is 0 Å². The van der Waals surface area contributed by atoms with Gasteiger partial charge in [-0.1, -0.05) is 12.1 Å². The van der Waals surface area contributed by atoms with Crippen molar-refractivity contribution in [2.24, 2.45) is 0 Å². The zero-order chi connectivity index (χ0) is 16.5. The lowest BCUT2D eigenvalue weighted by Gasteiger charge is -2.04. The number of hydrogen-bond acceptors (Lipinski definition) is 5. The molecule has 0 aliphatic heterocycles. The smallest absolute Gasteiger partial charge is 0.185 e. The van der Waals surface area contributed by atoms with E-state index in [1.807, 2.05) is 43.3 Å². The predicted octanol–water partition coefficient (Wildman–Crippen LogP) is 3.20. The highest BCUT2D eigenvalue weighted by atomic mass is 16.1. The fourth-order valence-electron chi connectivity index (χ4n) is 2.63. The van der Waals surface area contributed by atoms with E-state index in [2.05, 4.69) is 24.9 Å². The Labute approximate surface area is 137 Å². The molecule has 0 fully saturated rings. The molecule has 0 radical (unpaired) electrons. The van der Waals surface area contributed by atoms with E-state index in [1.54, 1.807) is 12.4 Å². The Morgan fingerprint density at radius 1 is 1.00 bits per heavy atom. The summed E-state index contributed by atoms with van der Waals surface area (Å²) in [4.78, 5) is 31.7. The van der Waals surface area contributed by atoms with E-state index < -0.39 is 0 Å². The third-order valence-corrected chi connectivity index (χ3v) is 3.72. The summed E-state index contributed by atoms with van der Waals surface area (Å²) in [6.07, 6.45) is 4.00. The van der Waals surface area contributed by atoms with E-state index in [0.717, 1.165) is 28.0 Å². The number of H-pyrrole nitrogens is 1.